The van der Waals surface area contributed by atoms with E-state index in [1.54, 1.807) is 7.05 Å². The van der Waals surface area contributed by atoms with Crippen LogP contribution < -0.4 is 10.6 Å². The van der Waals surface area contributed by atoms with E-state index in [1.807, 2.05) is 24.3 Å². The van der Waals surface area contributed by atoms with Gasteiger partial charge in [-0.2, -0.15) is 0 Å². The van der Waals surface area contributed by atoms with E-state index in [1.165, 1.54) is 6.42 Å². The molecule has 0 saturated carbocycles. The fourth-order valence-electron chi connectivity index (χ4n) is 2.53. The molecule has 5 nitrogen and oxygen atoms in total. The number of ether oxygens (including phenoxy) is 1. The van der Waals surface area contributed by atoms with Gasteiger partial charge in [-0.3, -0.25) is 9.89 Å². The number of hydrogen-bond acceptors (Lipinski definition) is 3. The van der Waals surface area contributed by atoms with Gasteiger partial charge in [0, 0.05) is 38.2 Å². The van der Waals surface area contributed by atoms with Crippen LogP contribution in [0.4, 0.5) is 0 Å². The van der Waals surface area contributed by atoms with Crippen molar-refractivity contribution in [3.8, 4) is 0 Å². The molecule has 0 radical (unpaired) electrons. The molecule has 6 heteroatoms. The van der Waals surface area contributed by atoms with Crippen LogP contribution in [0.1, 0.15) is 18.4 Å². The van der Waals surface area contributed by atoms with Crippen LogP contribution in [0.5, 0.6) is 0 Å². The van der Waals surface area contributed by atoms with Gasteiger partial charge < -0.3 is 15.4 Å². The minimum atomic E-state index is 0.674. The minimum absolute atomic E-state index is 0.674. The highest BCUT2D eigenvalue weighted by Crippen LogP contribution is 2.14. The Balaban J connectivity index is 1.58. The van der Waals surface area contributed by atoms with Gasteiger partial charge in [0.1, 0.15) is 0 Å². The second-order valence-electron chi connectivity index (χ2n) is 5.61. The van der Waals surface area contributed by atoms with Crippen LogP contribution in [0, 0.1) is 0 Å². The number of guanidine groups is 1. The Morgan fingerprint density at radius 3 is 2.74 bits per heavy atom. The molecule has 1 fully saturated rings. The lowest BCUT2D eigenvalue weighted by Gasteiger charge is -2.26. The number of morpholine rings is 1. The van der Waals surface area contributed by atoms with Gasteiger partial charge in [-0.15, -0.1) is 0 Å². The normalized spacial score (nSPS) is 16.3. The topological polar surface area (TPSA) is 48.9 Å². The van der Waals surface area contributed by atoms with Gasteiger partial charge in [0.15, 0.2) is 5.96 Å². The van der Waals surface area contributed by atoms with E-state index < -0.39 is 0 Å². The van der Waals surface area contributed by atoms with Crippen molar-refractivity contribution < 1.29 is 4.74 Å². The van der Waals surface area contributed by atoms with E-state index in [4.69, 9.17) is 16.3 Å². The molecular weight excluding hydrogens is 312 g/mol. The lowest BCUT2D eigenvalue weighted by molar-refractivity contribution is 0.0372. The standard InChI is InChI=1S/C17H27ClN4O/c1-19-17(21-14-15-6-2-3-7-16(15)18)20-8-4-5-9-22-10-12-23-13-11-22/h2-3,6-7H,4-5,8-14H2,1H3,(H2,19,20,21). The van der Waals surface area contributed by atoms with Crippen LogP contribution in [0.15, 0.2) is 29.3 Å². The van der Waals surface area contributed by atoms with E-state index in [0.29, 0.717) is 6.54 Å². The number of nitrogens with zero attached hydrogens (tertiary/aromatic N) is 2. The fraction of sp³-hybridized carbons (Fsp3) is 0.588. The van der Waals surface area contributed by atoms with E-state index in [-0.39, 0.29) is 0 Å². The van der Waals surface area contributed by atoms with Gasteiger partial charge in [0.25, 0.3) is 0 Å². The summed E-state index contributed by atoms with van der Waals surface area (Å²) in [6, 6.07) is 7.85. The minimum Gasteiger partial charge on any atom is -0.379 e. The highest BCUT2D eigenvalue weighted by atomic mass is 35.5. The van der Waals surface area contributed by atoms with Crippen molar-refractivity contribution >= 4 is 17.6 Å². The quantitative estimate of drug-likeness (QED) is 0.454. The molecule has 1 heterocycles. The molecule has 1 saturated heterocycles. The zero-order valence-corrected chi connectivity index (χ0v) is 14.6. The summed E-state index contributed by atoms with van der Waals surface area (Å²) in [5.41, 5.74) is 1.07. The van der Waals surface area contributed by atoms with Crippen LogP contribution in [0.25, 0.3) is 0 Å². The molecule has 1 aliphatic rings. The Morgan fingerprint density at radius 2 is 2.00 bits per heavy atom. The van der Waals surface area contributed by atoms with E-state index in [9.17, 15) is 0 Å². The lowest BCUT2D eigenvalue weighted by atomic mass is 10.2. The van der Waals surface area contributed by atoms with Crippen molar-refractivity contribution in [1.29, 1.82) is 0 Å². The molecule has 0 bridgehead atoms. The molecule has 0 unspecified atom stereocenters. The lowest BCUT2D eigenvalue weighted by Crippen LogP contribution is -2.38. The third-order valence-corrected chi connectivity index (χ3v) is 4.29. The van der Waals surface area contributed by atoms with Gasteiger partial charge >= 0.3 is 0 Å². The first-order valence-electron chi connectivity index (χ1n) is 8.27. The van der Waals surface area contributed by atoms with Crippen LogP contribution in [0.2, 0.25) is 5.02 Å². The van der Waals surface area contributed by atoms with Crippen LogP contribution in [-0.2, 0) is 11.3 Å². The number of hydrogen-bond donors (Lipinski definition) is 2. The summed E-state index contributed by atoms with van der Waals surface area (Å²) in [4.78, 5) is 6.71. The first kappa shape index (κ1) is 18.0. The number of benzene rings is 1. The third kappa shape index (κ3) is 6.77. The van der Waals surface area contributed by atoms with Crippen molar-refractivity contribution in [2.75, 3.05) is 46.4 Å². The Hall–Kier alpha value is -1.30. The van der Waals surface area contributed by atoms with E-state index in [2.05, 4.69) is 20.5 Å². The third-order valence-electron chi connectivity index (χ3n) is 3.92. The maximum Gasteiger partial charge on any atom is 0.191 e. The molecule has 2 N–H and O–H groups in total. The number of rotatable bonds is 7. The molecule has 1 aliphatic heterocycles. The summed E-state index contributed by atoms with van der Waals surface area (Å²) < 4.78 is 5.36. The first-order chi connectivity index (χ1) is 11.3. The molecule has 0 atom stereocenters. The fourth-order valence-corrected chi connectivity index (χ4v) is 2.74. The summed E-state index contributed by atoms with van der Waals surface area (Å²) in [5.74, 6) is 0.816. The largest absolute Gasteiger partial charge is 0.379 e. The van der Waals surface area contributed by atoms with Gasteiger partial charge in [0.05, 0.1) is 13.2 Å². The smallest absolute Gasteiger partial charge is 0.191 e. The van der Waals surface area contributed by atoms with Gasteiger partial charge in [-0.25, -0.2) is 0 Å². The summed E-state index contributed by atoms with van der Waals surface area (Å²) in [5, 5.41) is 7.42. The Bertz CT molecular complexity index is 489. The van der Waals surface area contributed by atoms with E-state index >= 15 is 0 Å². The number of unbranched alkanes of at least 4 members (excludes halogenated alkanes) is 1. The van der Waals surface area contributed by atoms with Crippen molar-refractivity contribution in [3.63, 3.8) is 0 Å². The molecule has 1 aromatic carbocycles. The average Bonchev–Trinajstić information content (AvgIpc) is 2.59. The SMILES string of the molecule is CN=C(NCCCCN1CCOCC1)NCc1ccccc1Cl. The Labute approximate surface area is 144 Å². The van der Waals surface area contributed by atoms with Crippen molar-refractivity contribution in [2.24, 2.45) is 4.99 Å². The van der Waals surface area contributed by atoms with Gasteiger partial charge in [0.2, 0.25) is 0 Å². The molecule has 0 aliphatic carbocycles. The molecule has 128 valence electrons. The Kier molecular flexibility index (Phi) is 8.21. The number of nitrogens with one attached hydrogen (secondary N) is 2. The Morgan fingerprint density at radius 1 is 1.22 bits per heavy atom. The molecule has 1 aromatic rings. The highest BCUT2D eigenvalue weighted by Gasteiger charge is 2.09. The maximum atomic E-state index is 6.16. The molecule has 0 aromatic heterocycles. The zero-order chi connectivity index (χ0) is 16.3. The van der Waals surface area contributed by atoms with Gasteiger partial charge in [-0.05, 0) is 31.0 Å². The van der Waals surface area contributed by atoms with E-state index in [0.717, 1.165) is 62.4 Å². The summed E-state index contributed by atoms with van der Waals surface area (Å²) in [7, 11) is 1.79. The van der Waals surface area contributed by atoms with Crippen LogP contribution >= 0.6 is 11.6 Å². The van der Waals surface area contributed by atoms with Crippen molar-refractivity contribution in [1.82, 2.24) is 15.5 Å². The zero-order valence-electron chi connectivity index (χ0n) is 13.9. The van der Waals surface area contributed by atoms with Crippen molar-refractivity contribution in [3.05, 3.63) is 34.9 Å². The number of aliphatic imine (C=N–C) groups is 1. The predicted octanol–water partition coefficient (Wildman–Crippen LogP) is 2.12. The summed E-state index contributed by atoms with van der Waals surface area (Å²) in [6.45, 7) is 6.62. The first-order valence-corrected chi connectivity index (χ1v) is 8.65. The van der Waals surface area contributed by atoms with Crippen LogP contribution in [-0.4, -0.2) is 57.3 Å². The van der Waals surface area contributed by atoms with Crippen molar-refractivity contribution in [2.45, 2.75) is 19.4 Å². The summed E-state index contributed by atoms with van der Waals surface area (Å²) in [6.07, 6.45) is 2.32. The molecular formula is C17H27ClN4O. The van der Waals surface area contributed by atoms with Crippen LogP contribution in [0.3, 0.4) is 0 Å². The second-order valence-corrected chi connectivity index (χ2v) is 6.01. The maximum absolute atomic E-state index is 6.16. The molecule has 23 heavy (non-hydrogen) atoms. The summed E-state index contributed by atoms with van der Waals surface area (Å²) >= 11 is 6.16. The molecule has 2 rings (SSSR count). The number of halogens is 1. The van der Waals surface area contributed by atoms with Gasteiger partial charge in [-0.1, -0.05) is 29.8 Å². The predicted molar refractivity (Wildman–Crippen MR) is 96.1 cm³/mol. The highest BCUT2D eigenvalue weighted by molar-refractivity contribution is 6.31. The molecule has 0 spiro atoms. The average molecular weight is 339 g/mol. The monoisotopic (exact) mass is 338 g/mol. The molecule has 0 amide bonds. The second kappa shape index (κ2) is 10.5.